The first kappa shape index (κ1) is 13.0. The number of hydrogen-bond acceptors (Lipinski definition) is 3. The van der Waals surface area contributed by atoms with Crippen LogP contribution in [-0.4, -0.2) is 42.5 Å². The Balaban J connectivity index is 1.88. The normalized spacial score (nSPS) is 17.8. The standard InChI is InChI=1S/C13H19N3O2/c1-2-14-7-9-15(10-8-14)11-12-3-5-13(6-4-12)16(17)18/h3-6H,2,7-11H2,1H3/p+1. The Labute approximate surface area is 107 Å². The smallest absolute Gasteiger partial charge is 0.269 e. The summed E-state index contributed by atoms with van der Waals surface area (Å²) >= 11 is 0. The van der Waals surface area contributed by atoms with Crippen LogP contribution in [0.5, 0.6) is 0 Å². The first-order valence-electron chi connectivity index (χ1n) is 6.48. The predicted molar refractivity (Wildman–Crippen MR) is 69.6 cm³/mol. The quantitative estimate of drug-likeness (QED) is 0.618. The van der Waals surface area contributed by atoms with Gasteiger partial charge >= 0.3 is 0 Å². The molecule has 1 fully saturated rings. The Morgan fingerprint density at radius 1 is 1.28 bits per heavy atom. The summed E-state index contributed by atoms with van der Waals surface area (Å²) in [6, 6.07) is 6.89. The molecule has 0 unspecified atom stereocenters. The van der Waals surface area contributed by atoms with Crippen LogP contribution in [0.15, 0.2) is 24.3 Å². The number of quaternary nitrogens is 1. The van der Waals surface area contributed by atoms with Gasteiger partial charge in [-0.25, -0.2) is 0 Å². The molecule has 1 aliphatic heterocycles. The van der Waals surface area contributed by atoms with Gasteiger partial charge in [0.25, 0.3) is 5.69 Å². The van der Waals surface area contributed by atoms with Crippen molar-refractivity contribution in [1.29, 1.82) is 0 Å². The monoisotopic (exact) mass is 250 g/mol. The second kappa shape index (κ2) is 5.93. The molecule has 0 saturated carbocycles. The van der Waals surface area contributed by atoms with E-state index in [1.807, 2.05) is 12.1 Å². The zero-order chi connectivity index (χ0) is 13.0. The van der Waals surface area contributed by atoms with Crippen LogP contribution in [0.4, 0.5) is 5.69 Å². The fourth-order valence-corrected chi connectivity index (χ4v) is 2.36. The fourth-order valence-electron chi connectivity index (χ4n) is 2.36. The van der Waals surface area contributed by atoms with Crippen LogP contribution < -0.4 is 4.90 Å². The molecular formula is C13H20N3O2+. The largest absolute Gasteiger partial charge is 0.333 e. The number of nitrogens with zero attached hydrogens (tertiary/aromatic N) is 2. The highest BCUT2D eigenvalue weighted by atomic mass is 16.6. The summed E-state index contributed by atoms with van der Waals surface area (Å²) in [5.41, 5.74) is 1.32. The van der Waals surface area contributed by atoms with E-state index in [1.165, 1.54) is 19.6 Å². The van der Waals surface area contributed by atoms with Gasteiger partial charge in [0.15, 0.2) is 0 Å². The van der Waals surface area contributed by atoms with Crippen molar-refractivity contribution in [2.75, 3.05) is 32.7 Å². The van der Waals surface area contributed by atoms with Gasteiger partial charge in [0, 0.05) is 31.8 Å². The summed E-state index contributed by atoms with van der Waals surface area (Å²) in [6.45, 7) is 8.94. The molecule has 1 aromatic carbocycles. The van der Waals surface area contributed by atoms with Gasteiger partial charge in [-0.1, -0.05) is 12.1 Å². The highest BCUT2D eigenvalue weighted by Crippen LogP contribution is 2.13. The first-order chi connectivity index (χ1) is 8.69. The molecule has 0 spiro atoms. The van der Waals surface area contributed by atoms with E-state index in [0.717, 1.165) is 25.2 Å². The molecule has 0 aliphatic carbocycles. The van der Waals surface area contributed by atoms with Crippen molar-refractivity contribution in [3.63, 3.8) is 0 Å². The van der Waals surface area contributed by atoms with Crippen molar-refractivity contribution >= 4 is 5.69 Å². The SMILES string of the molecule is CC[NH+]1CCN(Cc2ccc([N+](=O)[O-])cc2)CC1. The molecule has 2 rings (SSSR count). The van der Waals surface area contributed by atoms with Crippen LogP contribution in [0.3, 0.4) is 0 Å². The Morgan fingerprint density at radius 3 is 2.39 bits per heavy atom. The van der Waals surface area contributed by atoms with Gasteiger partial charge < -0.3 is 4.90 Å². The van der Waals surface area contributed by atoms with Gasteiger partial charge in [-0.15, -0.1) is 0 Å². The molecule has 0 bridgehead atoms. The van der Waals surface area contributed by atoms with Crippen LogP contribution in [-0.2, 0) is 6.54 Å². The Morgan fingerprint density at radius 2 is 1.89 bits per heavy atom. The third-order valence-corrected chi connectivity index (χ3v) is 3.62. The lowest BCUT2D eigenvalue weighted by Gasteiger charge is -2.31. The highest BCUT2D eigenvalue weighted by molar-refractivity contribution is 5.32. The van der Waals surface area contributed by atoms with Gasteiger partial charge in [-0.3, -0.25) is 15.0 Å². The Kier molecular flexibility index (Phi) is 4.28. The van der Waals surface area contributed by atoms with Gasteiger partial charge in [0.1, 0.15) is 0 Å². The molecule has 0 aromatic heterocycles. The molecule has 0 amide bonds. The lowest BCUT2D eigenvalue weighted by atomic mass is 10.2. The molecule has 0 atom stereocenters. The number of piperazine rings is 1. The van der Waals surface area contributed by atoms with Crippen LogP contribution in [0, 0.1) is 10.1 Å². The van der Waals surface area contributed by atoms with Gasteiger partial charge in [-0.05, 0) is 12.5 Å². The molecule has 1 saturated heterocycles. The third-order valence-electron chi connectivity index (χ3n) is 3.62. The van der Waals surface area contributed by atoms with Crippen LogP contribution in [0.25, 0.3) is 0 Å². The number of benzene rings is 1. The number of nitrogens with one attached hydrogen (secondary N) is 1. The van der Waals surface area contributed by atoms with E-state index < -0.39 is 0 Å². The van der Waals surface area contributed by atoms with Gasteiger partial charge in [-0.2, -0.15) is 0 Å². The predicted octanol–water partition coefficient (Wildman–Crippen LogP) is 0.315. The Hall–Kier alpha value is -1.46. The second-order valence-electron chi connectivity index (χ2n) is 4.80. The van der Waals surface area contributed by atoms with E-state index in [2.05, 4.69) is 11.8 Å². The summed E-state index contributed by atoms with van der Waals surface area (Å²) in [7, 11) is 0. The average Bonchev–Trinajstić information content (AvgIpc) is 2.40. The average molecular weight is 250 g/mol. The van der Waals surface area contributed by atoms with Gasteiger partial charge in [0.2, 0.25) is 0 Å². The molecular weight excluding hydrogens is 230 g/mol. The summed E-state index contributed by atoms with van der Waals surface area (Å²) in [5, 5.41) is 10.6. The minimum Gasteiger partial charge on any atom is -0.333 e. The molecule has 5 heteroatoms. The zero-order valence-electron chi connectivity index (χ0n) is 10.8. The van der Waals surface area contributed by atoms with E-state index in [4.69, 9.17) is 0 Å². The molecule has 18 heavy (non-hydrogen) atoms. The van der Waals surface area contributed by atoms with E-state index in [1.54, 1.807) is 17.0 Å². The van der Waals surface area contributed by atoms with E-state index >= 15 is 0 Å². The summed E-state index contributed by atoms with van der Waals surface area (Å²) in [4.78, 5) is 14.3. The maximum atomic E-state index is 10.6. The van der Waals surface area contributed by atoms with Crippen molar-refractivity contribution in [2.24, 2.45) is 0 Å². The number of rotatable bonds is 4. The van der Waals surface area contributed by atoms with Crippen LogP contribution in [0.2, 0.25) is 0 Å². The molecule has 1 aromatic rings. The van der Waals surface area contributed by atoms with E-state index in [-0.39, 0.29) is 10.6 Å². The number of hydrogen-bond donors (Lipinski definition) is 1. The minimum atomic E-state index is -0.354. The third kappa shape index (κ3) is 3.27. The number of nitro groups is 1. The zero-order valence-corrected chi connectivity index (χ0v) is 10.8. The molecule has 98 valence electrons. The molecule has 0 radical (unpaired) electrons. The summed E-state index contributed by atoms with van der Waals surface area (Å²) in [6.07, 6.45) is 0. The van der Waals surface area contributed by atoms with Crippen molar-refractivity contribution in [3.05, 3.63) is 39.9 Å². The maximum absolute atomic E-state index is 10.6. The molecule has 5 nitrogen and oxygen atoms in total. The lowest BCUT2D eigenvalue weighted by Crippen LogP contribution is -3.14. The lowest BCUT2D eigenvalue weighted by molar-refractivity contribution is -0.902. The number of non-ortho nitro benzene ring substituents is 1. The van der Waals surface area contributed by atoms with Crippen molar-refractivity contribution in [2.45, 2.75) is 13.5 Å². The van der Waals surface area contributed by atoms with Crippen LogP contribution >= 0.6 is 0 Å². The van der Waals surface area contributed by atoms with Crippen LogP contribution in [0.1, 0.15) is 12.5 Å². The topological polar surface area (TPSA) is 50.8 Å². The second-order valence-corrected chi connectivity index (χ2v) is 4.80. The Bertz CT molecular complexity index is 397. The maximum Gasteiger partial charge on any atom is 0.269 e. The molecule has 1 heterocycles. The van der Waals surface area contributed by atoms with Crippen molar-refractivity contribution < 1.29 is 9.82 Å². The molecule has 1 aliphatic rings. The number of nitro benzene ring substituents is 1. The fraction of sp³-hybridized carbons (Fsp3) is 0.538. The minimum absolute atomic E-state index is 0.166. The van der Waals surface area contributed by atoms with Gasteiger partial charge in [0.05, 0.1) is 24.6 Å². The van der Waals surface area contributed by atoms with Crippen molar-refractivity contribution in [3.8, 4) is 0 Å². The summed E-state index contributed by atoms with van der Waals surface area (Å²) < 4.78 is 0. The first-order valence-corrected chi connectivity index (χ1v) is 6.48. The van der Waals surface area contributed by atoms with Crippen molar-refractivity contribution in [1.82, 2.24) is 4.90 Å². The summed E-state index contributed by atoms with van der Waals surface area (Å²) in [5.74, 6) is 0. The molecule has 1 N–H and O–H groups in total. The van der Waals surface area contributed by atoms with E-state index in [0.29, 0.717) is 0 Å². The highest BCUT2D eigenvalue weighted by Gasteiger charge is 2.18. The number of likely N-dealkylation sites (N-methyl/N-ethyl adjacent to an activating group) is 1. The van der Waals surface area contributed by atoms with E-state index in [9.17, 15) is 10.1 Å².